The van der Waals surface area contributed by atoms with Gasteiger partial charge in [0.15, 0.2) is 5.17 Å². The number of hydrogen-bond acceptors (Lipinski definition) is 6. The molecule has 0 saturated heterocycles. The fraction of sp³-hybridized carbons (Fsp3) is 0.333. The van der Waals surface area contributed by atoms with Gasteiger partial charge in [-0.05, 0) is 43.2 Å². The van der Waals surface area contributed by atoms with Crippen molar-refractivity contribution >= 4 is 34.7 Å². The van der Waals surface area contributed by atoms with Crippen molar-refractivity contribution in [1.82, 2.24) is 4.98 Å². The van der Waals surface area contributed by atoms with Crippen LogP contribution in [0, 0.1) is 18.7 Å². The number of amides is 1. The SMILES string of the molecule is CN=Cc1cnc(C(=O)Nc2ccc(F)c([C@@]3(CF)N=C(N)SC4CC43)c2)c(C)c1. The van der Waals surface area contributed by atoms with Crippen LogP contribution in [0.25, 0.3) is 0 Å². The van der Waals surface area contributed by atoms with Crippen molar-refractivity contribution in [1.29, 1.82) is 0 Å². The number of carbonyl (C=O) groups is 1. The molecule has 3 N–H and O–H groups in total. The van der Waals surface area contributed by atoms with Gasteiger partial charge in [0.2, 0.25) is 0 Å². The first-order chi connectivity index (χ1) is 14.4. The van der Waals surface area contributed by atoms with E-state index >= 15 is 0 Å². The lowest BCUT2D eigenvalue weighted by Crippen LogP contribution is -2.36. The van der Waals surface area contributed by atoms with Crippen molar-refractivity contribution in [2.45, 2.75) is 24.1 Å². The van der Waals surface area contributed by atoms with Crippen LogP contribution in [0.4, 0.5) is 14.5 Å². The zero-order valence-corrected chi connectivity index (χ0v) is 17.3. The second-order valence-corrected chi connectivity index (χ2v) is 8.74. The number of fused-ring (bicyclic) bond motifs is 1. The topological polar surface area (TPSA) is 92.7 Å². The quantitative estimate of drug-likeness (QED) is 0.712. The minimum Gasteiger partial charge on any atom is -0.379 e. The Balaban J connectivity index is 1.64. The number of thioether (sulfide) groups is 1. The van der Waals surface area contributed by atoms with Crippen LogP contribution in [0.3, 0.4) is 0 Å². The number of nitrogens with two attached hydrogens (primary N) is 1. The smallest absolute Gasteiger partial charge is 0.274 e. The number of aryl methyl sites for hydroxylation is 1. The Labute approximate surface area is 177 Å². The molecule has 9 heteroatoms. The van der Waals surface area contributed by atoms with E-state index in [1.807, 2.05) is 0 Å². The van der Waals surface area contributed by atoms with Crippen LogP contribution >= 0.6 is 11.8 Å². The Bertz CT molecular complexity index is 1070. The van der Waals surface area contributed by atoms with Crippen LogP contribution in [0.5, 0.6) is 0 Å². The number of hydrogen-bond donors (Lipinski definition) is 2. The molecule has 2 unspecified atom stereocenters. The average Bonchev–Trinajstić information content (AvgIpc) is 3.49. The van der Waals surface area contributed by atoms with Crippen molar-refractivity contribution in [3.63, 3.8) is 0 Å². The molecule has 2 aliphatic rings. The van der Waals surface area contributed by atoms with E-state index in [0.717, 1.165) is 12.0 Å². The third-order valence-corrected chi connectivity index (χ3v) is 6.57. The van der Waals surface area contributed by atoms with Crippen LogP contribution in [-0.4, -0.2) is 41.2 Å². The molecule has 0 spiro atoms. The van der Waals surface area contributed by atoms with Gasteiger partial charge >= 0.3 is 0 Å². The molecule has 2 heterocycles. The number of nitrogens with one attached hydrogen (secondary N) is 1. The molecule has 1 saturated carbocycles. The summed E-state index contributed by atoms with van der Waals surface area (Å²) in [6, 6.07) is 5.90. The largest absolute Gasteiger partial charge is 0.379 e. The lowest BCUT2D eigenvalue weighted by Gasteiger charge is -2.31. The van der Waals surface area contributed by atoms with Crippen LogP contribution in [-0.2, 0) is 5.54 Å². The fourth-order valence-corrected chi connectivity index (χ4v) is 5.12. The van der Waals surface area contributed by atoms with Gasteiger partial charge in [-0.2, -0.15) is 0 Å². The normalized spacial score (nSPS) is 25.0. The van der Waals surface area contributed by atoms with Gasteiger partial charge in [0.05, 0.1) is 0 Å². The van der Waals surface area contributed by atoms with Crippen LogP contribution < -0.4 is 11.1 Å². The molecular formula is C21H21F2N5OS. The number of alkyl halides is 1. The van der Waals surface area contributed by atoms with Gasteiger partial charge in [0.25, 0.3) is 5.91 Å². The van der Waals surface area contributed by atoms with Gasteiger partial charge in [0.1, 0.15) is 23.7 Å². The number of carbonyl (C=O) groups excluding carboxylic acids is 1. The molecular weight excluding hydrogens is 408 g/mol. The summed E-state index contributed by atoms with van der Waals surface area (Å²) in [4.78, 5) is 25.2. The fourth-order valence-electron chi connectivity index (χ4n) is 3.91. The monoisotopic (exact) mass is 429 g/mol. The Morgan fingerprint density at radius 1 is 1.47 bits per heavy atom. The number of aromatic nitrogens is 1. The number of nitrogens with zero attached hydrogens (tertiary/aromatic N) is 3. The highest BCUT2D eigenvalue weighted by atomic mass is 32.2. The van der Waals surface area contributed by atoms with Crippen LogP contribution in [0.15, 0.2) is 40.4 Å². The number of benzene rings is 1. The van der Waals surface area contributed by atoms with Gasteiger partial charge in [0, 0.05) is 47.4 Å². The Kier molecular flexibility index (Phi) is 5.31. The molecule has 0 bridgehead atoms. The highest BCUT2D eigenvalue weighted by Gasteiger charge is 2.58. The number of anilines is 1. The Morgan fingerprint density at radius 3 is 2.97 bits per heavy atom. The Morgan fingerprint density at radius 2 is 2.27 bits per heavy atom. The summed E-state index contributed by atoms with van der Waals surface area (Å²) in [6.07, 6.45) is 3.92. The van der Waals surface area contributed by atoms with Crippen molar-refractivity contribution in [3.05, 3.63) is 58.7 Å². The molecule has 3 atom stereocenters. The molecule has 156 valence electrons. The van der Waals surface area contributed by atoms with E-state index in [1.54, 1.807) is 32.4 Å². The number of halogens is 2. The highest BCUT2D eigenvalue weighted by molar-refractivity contribution is 8.14. The highest BCUT2D eigenvalue weighted by Crippen LogP contribution is 2.58. The van der Waals surface area contributed by atoms with Gasteiger partial charge in [-0.15, -0.1) is 0 Å². The van der Waals surface area contributed by atoms with Gasteiger partial charge in [-0.25, -0.2) is 13.8 Å². The molecule has 1 aromatic carbocycles. The zero-order valence-electron chi connectivity index (χ0n) is 16.5. The summed E-state index contributed by atoms with van der Waals surface area (Å²) in [7, 11) is 1.65. The van der Waals surface area contributed by atoms with Crippen molar-refractivity contribution in [2.24, 2.45) is 21.6 Å². The van der Waals surface area contributed by atoms with E-state index in [9.17, 15) is 13.6 Å². The van der Waals surface area contributed by atoms with E-state index in [0.29, 0.717) is 11.3 Å². The van der Waals surface area contributed by atoms with E-state index in [-0.39, 0.29) is 27.6 Å². The lowest BCUT2D eigenvalue weighted by molar-refractivity contribution is 0.102. The molecule has 1 aromatic heterocycles. The number of aliphatic imine (C=N–C) groups is 2. The third-order valence-electron chi connectivity index (χ3n) is 5.41. The second kappa shape index (κ2) is 7.79. The predicted molar refractivity (Wildman–Crippen MR) is 116 cm³/mol. The Hall–Kier alpha value is -2.81. The van der Waals surface area contributed by atoms with E-state index < -0.39 is 23.9 Å². The summed E-state index contributed by atoms with van der Waals surface area (Å²) in [5.41, 5.74) is 6.68. The summed E-state index contributed by atoms with van der Waals surface area (Å²) < 4.78 is 28.9. The first-order valence-electron chi connectivity index (χ1n) is 9.46. The van der Waals surface area contributed by atoms with Gasteiger partial charge in [-0.3, -0.25) is 14.8 Å². The average molecular weight is 429 g/mol. The van der Waals surface area contributed by atoms with Crippen LogP contribution in [0.1, 0.15) is 33.6 Å². The second-order valence-electron chi connectivity index (χ2n) is 7.48. The van der Waals surface area contributed by atoms with Crippen LogP contribution in [0.2, 0.25) is 0 Å². The summed E-state index contributed by atoms with van der Waals surface area (Å²) in [5.74, 6) is -1.12. The van der Waals surface area contributed by atoms with Gasteiger partial charge in [-0.1, -0.05) is 11.8 Å². The van der Waals surface area contributed by atoms with E-state index in [4.69, 9.17) is 5.73 Å². The minimum atomic E-state index is -1.35. The summed E-state index contributed by atoms with van der Waals surface area (Å²) in [6.45, 7) is 0.915. The van der Waals surface area contributed by atoms with Crippen molar-refractivity contribution in [2.75, 3.05) is 19.0 Å². The molecule has 4 rings (SSSR count). The maximum absolute atomic E-state index is 14.7. The predicted octanol–water partition coefficient (Wildman–Crippen LogP) is 3.44. The standard InChI is InChI=1S/C21H21F2N5OS/c1-11-5-12(8-25-2)9-26-18(11)19(29)27-13-3-4-16(23)14(6-13)21(10-22)15-7-17(15)30-20(24)28-21/h3-6,8-9,15,17H,7,10H2,1-2H3,(H2,24,28)(H,27,29)/t15?,17?,21-/m1/s1. The molecule has 1 aliphatic heterocycles. The zero-order chi connectivity index (χ0) is 21.5. The molecule has 1 fully saturated rings. The number of amidine groups is 1. The van der Waals surface area contributed by atoms with Gasteiger partial charge < -0.3 is 11.1 Å². The number of rotatable bonds is 5. The third kappa shape index (κ3) is 3.58. The molecule has 2 aromatic rings. The molecule has 0 radical (unpaired) electrons. The number of pyridine rings is 1. The molecule has 1 amide bonds. The van der Waals surface area contributed by atoms with Crippen molar-refractivity contribution in [3.8, 4) is 0 Å². The first-order valence-corrected chi connectivity index (χ1v) is 10.3. The molecule has 30 heavy (non-hydrogen) atoms. The maximum atomic E-state index is 14.7. The van der Waals surface area contributed by atoms with Crippen molar-refractivity contribution < 1.29 is 13.6 Å². The minimum absolute atomic E-state index is 0.109. The maximum Gasteiger partial charge on any atom is 0.274 e. The molecule has 6 nitrogen and oxygen atoms in total. The molecule has 1 aliphatic carbocycles. The summed E-state index contributed by atoms with van der Waals surface area (Å²) >= 11 is 1.40. The summed E-state index contributed by atoms with van der Waals surface area (Å²) in [5, 5.41) is 3.14. The van der Waals surface area contributed by atoms with E-state index in [1.165, 1.54) is 30.0 Å². The lowest BCUT2D eigenvalue weighted by atomic mass is 9.86. The van der Waals surface area contributed by atoms with E-state index in [2.05, 4.69) is 20.3 Å². The first kappa shape index (κ1) is 20.5.